The van der Waals surface area contributed by atoms with Crippen LogP contribution in [0.2, 0.25) is 0 Å². The van der Waals surface area contributed by atoms with Gasteiger partial charge in [-0.1, -0.05) is 6.07 Å². The number of rotatable bonds is 8. The summed E-state index contributed by atoms with van der Waals surface area (Å²) in [4.78, 5) is 10.1. The van der Waals surface area contributed by atoms with Crippen LogP contribution in [-0.4, -0.2) is 38.3 Å². The average molecular weight is 362 g/mol. The zero-order chi connectivity index (χ0) is 18.1. The zero-order valence-electron chi connectivity index (χ0n) is 15.3. The molecule has 0 bridgehead atoms. The number of hydrogen-bond acceptors (Lipinski definition) is 5. The Morgan fingerprint density at radius 2 is 2.00 bits per heavy atom. The first kappa shape index (κ1) is 19.1. The van der Waals surface area contributed by atoms with E-state index in [1.165, 1.54) is 10.4 Å². The minimum atomic E-state index is 0.641. The number of hydrogen-bond donors (Lipinski definition) is 2. The van der Waals surface area contributed by atoms with Gasteiger partial charge in [-0.2, -0.15) is 0 Å². The molecule has 0 atom stereocenters. The van der Waals surface area contributed by atoms with Crippen molar-refractivity contribution in [3.8, 4) is 11.5 Å². The van der Waals surface area contributed by atoms with Crippen molar-refractivity contribution < 1.29 is 9.47 Å². The van der Waals surface area contributed by atoms with E-state index in [-0.39, 0.29) is 0 Å². The molecule has 25 heavy (non-hydrogen) atoms. The minimum Gasteiger partial charge on any atom is -0.493 e. The van der Waals surface area contributed by atoms with Gasteiger partial charge in [0, 0.05) is 18.0 Å². The van der Waals surface area contributed by atoms with Crippen molar-refractivity contribution in [2.24, 2.45) is 4.99 Å². The van der Waals surface area contributed by atoms with Crippen LogP contribution in [0.25, 0.3) is 0 Å². The van der Waals surface area contributed by atoms with Crippen molar-refractivity contribution in [3.63, 3.8) is 0 Å². The normalized spacial score (nSPS) is 11.3. The van der Waals surface area contributed by atoms with E-state index in [1.54, 1.807) is 25.6 Å². The Labute approximate surface area is 153 Å². The summed E-state index contributed by atoms with van der Waals surface area (Å²) in [5.41, 5.74) is 4.09. The molecule has 1 aromatic carbocycles. The molecule has 0 aliphatic carbocycles. The lowest BCUT2D eigenvalue weighted by molar-refractivity contribution is 0.354. The molecule has 2 N–H and O–H groups in total. The molecule has 0 saturated heterocycles. The van der Waals surface area contributed by atoms with Crippen LogP contribution in [0.1, 0.15) is 23.1 Å². The predicted octanol–water partition coefficient (Wildman–Crippen LogP) is 2.77. The summed E-state index contributed by atoms with van der Waals surface area (Å²) in [5, 5.41) is 6.64. The highest BCUT2D eigenvalue weighted by atomic mass is 32.1. The molecular weight excluding hydrogens is 336 g/mol. The molecule has 136 valence electrons. The average Bonchev–Trinajstić information content (AvgIpc) is 3.04. The number of ether oxygens (including phenoxy) is 2. The maximum absolute atomic E-state index is 5.35. The van der Waals surface area contributed by atoms with E-state index < -0.39 is 0 Å². The zero-order valence-corrected chi connectivity index (χ0v) is 16.1. The number of nitrogens with zero attached hydrogens (tertiary/aromatic N) is 2. The summed E-state index contributed by atoms with van der Waals surface area (Å²) in [6, 6.07) is 5.99. The fourth-order valence-corrected chi connectivity index (χ4v) is 3.03. The molecule has 0 saturated carbocycles. The highest BCUT2D eigenvalue weighted by Gasteiger charge is 2.05. The van der Waals surface area contributed by atoms with Gasteiger partial charge in [-0.25, -0.2) is 9.98 Å². The Hall–Kier alpha value is -2.28. The molecule has 7 heteroatoms. The van der Waals surface area contributed by atoms with Gasteiger partial charge < -0.3 is 20.1 Å². The Balaban J connectivity index is 1.91. The molecule has 1 aromatic heterocycles. The van der Waals surface area contributed by atoms with Gasteiger partial charge in [-0.3, -0.25) is 0 Å². The summed E-state index contributed by atoms with van der Waals surface area (Å²) in [5.74, 6) is 2.31. The van der Waals surface area contributed by atoms with Gasteiger partial charge in [0.2, 0.25) is 0 Å². The first-order valence-electron chi connectivity index (χ1n) is 8.30. The molecule has 2 aromatic rings. The van der Waals surface area contributed by atoms with Crippen molar-refractivity contribution in [2.75, 3.05) is 27.3 Å². The second-order valence-electron chi connectivity index (χ2n) is 5.42. The Bertz CT molecular complexity index is 700. The summed E-state index contributed by atoms with van der Waals surface area (Å²) in [6.45, 7) is 6.32. The number of aliphatic imine (C=N–C) groups is 1. The minimum absolute atomic E-state index is 0.641. The van der Waals surface area contributed by atoms with Crippen LogP contribution in [0.5, 0.6) is 11.5 Å². The Morgan fingerprint density at radius 3 is 2.64 bits per heavy atom. The first-order valence-corrected chi connectivity index (χ1v) is 9.18. The van der Waals surface area contributed by atoms with Crippen LogP contribution in [0, 0.1) is 6.92 Å². The maximum atomic E-state index is 5.35. The molecule has 0 amide bonds. The largest absolute Gasteiger partial charge is 0.493 e. The van der Waals surface area contributed by atoms with Crippen molar-refractivity contribution in [3.05, 3.63) is 39.8 Å². The van der Waals surface area contributed by atoms with Crippen molar-refractivity contribution >= 4 is 17.3 Å². The topological polar surface area (TPSA) is 67.8 Å². The van der Waals surface area contributed by atoms with Gasteiger partial charge in [0.05, 0.1) is 32.0 Å². The number of aryl methyl sites for hydroxylation is 1. The lowest BCUT2D eigenvalue weighted by atomic mass is 10.1. The number of benzene rings is 1. The number of nitrogens with one attached hydrogen (secondary N) is 2. The predicted molar refractivity (Wildman–Crippen MR) is 103 cm³/mol. The molecule has 6 nitrogen and oxygen atoms in total. The number of methoxy groups -OCH3 is 2. The molecule has 0 fully saturated rings. The van der Waals surface area contributed by atoms with E-state index >= 15 is 0 Å². The standard InChI is InChI=1S/C18H26N4O2S/c1-5-19-18(21-11-17-13(2)22-12-25-17)20-9-8-14-6-7-15(23-3)16(10-14)24-4/h6-7,10,12H,5,8-9,11H2,1-4H3,(H2,19,20,21). The van der Waals surface area contributed by atoms with Crippen LogP contribution in [0.15, 0.2) is 28.7 Å². The van der Waals surface area contributed by atoms with Gasteiger partial charge in [-0.05, 0) is 38.0 Å². The molecule has 1 heterocycles. The van der Waals surface area contributed by atoms with E-state index in [9.17, 15) is 0 Å². The highest BCUT2D eigenvalue weighted by molar-refractivity contribution is 7.09. The van der Waals surface area contributed by atoms with E-state index in [0.29, 0.717) is 6.54 Å². The van der Waals surface area contributed by atoms with Gasteiger partial charge in [-0.15, -0.1) is 11.3 Å². The SMILES string of the molecule is CCNC(=NCc1scnc1C)NCCc1ccc(OC)c(OC)c1. The van der Waals surface area contributed by atoms with Crippen molar-refractivity contribution in [2.45, 2.75) is 26.8 Å². The molecule has 0 radical (unpaired) electrons. The van der Waals surface area contributed by atoms with Gasteiger partial charge in [0.15, 0.2) is 17.5 Å². The summed E-state index contributed by atoms with van der Waals surface area (Å²) >= 11 is 1.64. The fraction of sp³-hybridized carbons (Fsp3) is 0.444. The van der Waals surface area contributed by atoms with Crippen LogP contribution >= 0.6 is 11.3 Å². The third-order valence-electron chi connectivity index (χ3n) is 3.72. The first-order chi connectivity index (χ1) is 12.2. The third-order valence-corrected chi connectivity index (χ3v) is 4.64. The Kier molecular flexibility index (Phi) is 7.53. The van der Waals surface area contributed by atoms with Gasteiger partial charge >= 0.3 is 0 Å². The molecule has 0 unspecified atom stereocenters. The van der Waals surface area contributed by atoms with Crippen LogP contribution in [0.3, 0.4) is 0 Å². The molecule has 2 rings (SSSR count). The van der Waals surface area contributed by atoms with Crippen molar-refractivity contribution in [1.82, 2.24) is 15.6 Å². The smallest absolute Gasteiger partial charge is 0.191 e. The number of aromatic nitrogens is 1. The fourth-order valence-electron chi connectivity index (χ4n) is 2.33. The highest BCUT2D eigenvalue weighted by Crippen LogP contribution is 2.27. The van der Waals surface area contributed by atoms with E-state index in [1.807, 2.05) is 30.6 Å². The van der Waals surface area contributed by atoms with E-state index in [2.05, 4.69) is 27.5 Å². The second kappa shape index (κ2) is 9.88. The van der Waals surface area contributed by atoms with Gasteiger partial charge in [0.25, 0.3) is 0 Å². The number of thiazole rings is 1. The maximum Gasteiger partial charge on any atom is 0.191 e. The molecule has 0 spiro atoms. The Morgan fingerprint density at radius 1 is 1.20 bits per heavy atom. The van der Waals surface area contributed by atoms with E-state index in [4.69, 9.17) is 9.47 Å². The lowest BCUT2D eigenvalue weighted by Gasteiger charge is -2.12. The molecule has 0 aliphatic heterocycles. The number of guanidine groups is 1. The summed E-state index contributed by atoms with van der Waals surface area (Å²) in [7, 11) is 3.29. The molecular formula is C18H26N4O2S. The third kappa shape index (κ3) is 5.63. The lowest BCUT2D eigenvalue weighted by Crippen LogP contribution is -2.38. The van der Waals surface area contributed by atoms with Crippen LogP contribution in [-0.2, 0) is 13.0 Å². The van der Waals surface area contributed by atoms with Crippen LogP contribution < -0.4 is 20.1 Å². The monoisotopic (exact) mass is 362 g/mol. The quantitative estimate of drug-likeness (QED) is 0.558. The van der Waals surface area contributed by atoms with Crippen LogP contribution in [0.4, 0.5) is 0 Å². The summed E-state index contributed by atoms with van der Waals surface area (Å²) in [6.07, 6.45) is 0.865. The van der Waals surface area contributed by atoms with Gasteiger partial charge in [0.1, 0.15) is 0 Å². The van der Waals surface area contributed by atoms with Crippen molar-refractivity contribution in [1.29, 1.82) is 0 Å². The molecule has 0 aliphatic rings. The second-order valence-corrected chi connectivity index (χ2v) is 6.36. The summed E-state index contributed by atoms with van der Waals surface area (Å²) < 4.78 is 10.6. The van der Waals surface area contributed by atoms with E-state index in [0.717, 1.165) is 42.7 Å².